The van der Waals surface area contributed by atoms with Gasteiger partial charge in [-0.25, -0.2) is 0 Å². The summed E-state index contributed by atoms with van der Waals surface area (Å²) in [6.07, 6.45) is 16.9. The smallest absolute Gasteiger partial charge is 0.0288 e. The molecule has 0 aromatic rings. The van der Waals surface area contributed by atoms with Gasteiger partial charge in [-0.05, 0) is 58.3 Å². The van der Waals surface area contributed by atoms with Gasteiger partial charge in [0.05, 0.1) is 0 Å². The van der Waals surface area contributed by atoms with Gasteiger partial charge in [-0.2, -0.15) is 0 Å². The van der Waals surface area contributed by atoms with Gasteiger partial charge in [-0.3, -0.25) is 0 Å². The van der Waals surface area contributed by atoms with Crippen LogP contribution < -0.4 is 0 Å². The molecule has 0 aromatic heterocycles. The molecular weight excluding hydrogens is 252 g/mol. The number of rotatable bonds is 12. The summed E-state index contributed by atoms with van der Waals surface area (Å²) in [5.74, 6) is 1.82. The number of hydrogen-bond acceptors (Lipinski definition) is 0. The second-order valence-corrected chi connectivity index (χ2v) is 7.38. The highest BCUT2D eigenvalue weighted by atomic mass is 14.1. The Bertz CT molecular complexity index is 291. The van der Waals surface area contributed by atoms with E-state index in [2.05, 4.69) is 53.7 Å². The zero-order valence-electron chi connectivity index (χ0n) is 15.7. The van der Waals surface area contributed by atoms with Crippen molar-refractivity contribution in [3.05, 3.63) is 23.3 Å². The molecular formula is C21H40. The molecule has 0 bridgehead atoms. The van der Waals surface area contributed by atoms with E-state index in [1.807, 2.05) is 0 Å². The van der Waals surface area contributed by atoms with E-state index in [0.717, 1.165) is 11.8 Å². The van der Waals surface area contributed by atoms with Crippen molar-refractivity contribution in [3.63, 3.8) is 0 Å². The minimum Gasteiger partial charge on any atom is -0.0856 e. The Hall–Kier alpha value is -0.520. The summed E-state index contributed by atoms with van der Waals surface area (Å²) in [5.41, 5.74) is 3.00. The van der Waals surface area contributed by atoms with Crippen molar-refractivity contribution in [1.82, 2.24) is 0 Å². The summed E-state index contributed by atoms with van der Waals surface area (Å²) >= 11 is 0. The molecule has 0 fully saturated rings. The predicted molar refractivity (Wildman–Crippen MR) is 98.7 cm³/mol. The highest BCUT2D eigenvalue weighted by Gasteiger charge is 2.04. The Morgan fingerprint density at radius 3 is 2.00 bits per heavy atom. The van der Waals surface area contributed by atoms with E-state index in [9.17, 15) is 0 Å². The summed E-state index contributed by atoms with van der Waals surface area (Å²) in [6.45, 7) is 13.8. The first-order valence-corrected chi connectivity index (χ1v) is 9.24. The molecule has 21 heavy (non-hydrogen) atoms. The molecule has 0 aliphatic rings. The molecule has 0 rings (SSSR count). The average molecular weight is 293 g/mol. The van der Waals surface area contributed by atoms with Crippen molar-refractivity contribution in [2.45, 2.75) is 99.3 Å². The van der Waals surface area contributed by atoms with Gasteiger partial charge < -0.3 is 0 Å². The molecule has 0 aliphatic carbocycles. The molecule has 124 valence electrons. The van der Waals surface area contributed by atoms with Crippen LogP contribution in [0.15, 0.2) is 23.3 Å². The summed E-state index contributed by atoms with van der Waals surface area (Å²) in [7, 11) is 0. The minimum atomic E-state index is 0.889. The van der Waals surface area contributed by atoms with Gasteiger partial charge in [-0.1, -0.05) is 76.2 Å². The van der Waals surface area contributed by atoms with Crippen LogP contribution >= 0.6 is 0 Å². The van der Waals surface area contributed by atoms with Crippen LogP contribution in [-0.4, -0.2) is 0 Å². The Balaban J connectivity index is 3.68. The second kappa shape index (κ2) is 13.2. The fraction of sp³-hybridized carbons (Fsp3) is 0.810. The van der Waals surface area contributed by atoms with Gasteiger partial charge in [0.15, 0.2) is 0 Å². The Morgan fingerprint density at radius 1 is 0.810 bits per heavy atom. The minimum absolute atomic E-state index is 0.889. The van der Waals surface area contributed by atoms with Crippen LogP contribution in [0.1, 0.15) is 99.3 Å². The topological polar surface area (TPSA) is 0 Å². The molecule has 0 N–H and O–H groups in total. The first-order chi connectivity index (χ1) is 9.95. The summed E-state index contributed by atoms with van der Waals surface area (Å²) in [6, 6.07) is 0. The molecule has 0 heteroatoms. The molecule has 0 aromatic carbocycles. The predicted octanol–water partition coefficient (Wildman–Crippen LogP) is 7.70. The van der Waals surface area contributed by atoms with E-state index >= 15 is 0 Å². The Kier molecular flexibility index (Phi) is 12.8. The SMILES string of the molecule is CCCC(C)CCCC(C)CCC=C(C)CCC=C(C)C. The monoisotopic (exact) mass is 292 g/mol. The lowest BCUT2D eigenvalue weighted by Gasteiger charge is -2.13. The van der Waals surface area contributed by atoms with E-state index in [-0.39, 0.29) is 0 Å². The van der Waals surface area contributed by atoms with Gasteiger partial charge in [-0.15, -0.1) is 0 Å². The van der Waals surface area contributed by atoms with E-state index in [1.54, 1.807) is 5.57 Å². The van der Waals surface area contributed by atoms with Crippen LogP contribution in [0.3, 0.4) is 0 Å². The molecule has 0 aliphatic heterocycles. The van der Waals surface area contributed by atoms with Crippen LogP contribution in [-0.2, 0) is 0 Å². The van der Waals surface area contributed by atoms with Gasteiger partial charge >= 0.3 is 0 Å². The second-order valence-electron chi connectivity index (χ2n) is 7.38. The lowest BCUT2D eigenvalue weighted by Crippen LogP contribution is -1.98. The van der Waals surface area contributed by atoms with Gasteiger partial charge in [0.25, 0.3) is 0 Å². The maximum absolute atomic E-state index is 2.47. The molecule has 0 amide bonds. The van der Waals surface area contributed by atoms with Crippen molar-refractivity contribution >= 4 is 0 Å². The third-order valence-corrected chi connectivity index (χ3v) is 4.42. The number of allylic oxidation sites excluding steroid dienone is 4. The first kappa shape index (κ1) is 20.5. The molecule has 2 atom stereocenters. The maximum Gasteiger partial charge on any atom is -0.0288 e. The van der Waals surface area contributed by atoms with E-state index in [1.165, 1.54) is 63.4 Å². The van der Waals surface area contributed by atoms with E-state index in [0.29, 0.717) is 0 Å². The third-order valence-electron chi connectivity index (χ3n) is 4.42. The van der Waals surface area contributed by atoms with Crippen LogP contribution in [0, 0.1) is 11.8 Å². The fourth-order valence-electron chi connectivity index (χ4n) is 2.90. The largest absolute Gasteiger partial charge is 0.0856 e. The van der Waals surface area contributed by atoms with Crippen LogP contribution in [0.25, 0.3) is 0 Å². The lowest BCUT2D eigenvalue weighted by molar-refractivity contribution is 0.410. The third kappa shape index (κ3) is 14.2. The quantitative estimate of drug-likeness (QED) is 0.323. The molecule has 0 spiro atoms. The molecule has 0 radical (unpaired) electrons. The van der Waals surface area contributed by atoms with E-state index in [4.69, 9.17) is 0 Å². The summed E-state index contributed by atoms with van der Waals surface area (Å²) < 4.78 is 0. The maximum atomic E-state index is 2.47. The van der Waals surface area contributed by atoms with E-state index < -0.39 is 0 Å². The highest BCUT2D eigenvalue weighted by molar-refractivity contribution is 5.02. The van der Waals surface area contributed by atoms with Crippen molar-refractivity contribution in [1.29, 1.82) is 0 Å². The fourth-order valence-corrected chi connectivity index (χ4v) is 2.90. The highest BCUT2D eigenvalue weighted by Crippen LogP contribution is 2.20. The Labute approximate surface area is 135 Å². The van der Waals surface area contributed by atoms with Crippen molar-refractivity contribution < 1.29 is 0 Å². The van der Waals surface area contributed by atoms with Crippen molar-refractivity contribution in [2.75, 3.05) is 0 Å². The standard InChI is InChI=1S/C21H40/c1-7-11-19(4)14-9-15-21(6)17-10-16-20(5)13-8-12-18(2)3/h12,16,19,21H,7-11,13-15,17H2,1-6H3. The summed E-state index contributed by atoms with van der Waals surface area (Å²) in [5, 5.41) is 0. The first-order valence-electron chi connectivity index (χ1n) is 9.24. The van der Waals surface area contributed by atoms with Crippen LogP contribution in [0.2, 0.25) is 0 Å². The van der Waals surface area contributed by atoms with Crippen LogP contribution in [0.4, 0.5) is 0 Å². The van der Waals surface area contributed by atoms with Gasteiger partial charge in [0, 0.05) is 0 Å². The molecule has 0 saturated heterocycles. The molecule has 2 unspecified atom stereocenters. The normalized spacial score (nSPS) is 14.9. The average Bonchev–Trinajstić information content (AvgIpc) is 2.38. The number of hydrogen-bond donors (Lipinski definition) is 0. The van der Waals surface area contributed by atoms with Gasteiger partial charge in [0.2, 0.25) is 0 Å². The lowest BCUT2D eigenvalue weighted by atomic mass is 9.93. The Morgan fingerprint density at radius 2 is 1.43 bits per heavy atom. The van der Waals surface area contributed by atoms with Crippen molar-refractivity contribution in [2.24, 2.45) is 11.8 Å². The zero-order chi connectivity index (χ0) is 16.1. The molecule has 0 saturated carbocycles. The molecule has 0 nitrogen and oxygen atoms in total. The summed E-state index contributed by atoms with van der Waals surface area (Å²) in [4.78, 5) is 0. The van der Waals surface area contributed by atoms with Crippen LogP contribution in [0.5, 0.6) is 0 Å². The van der Waals surface area contributed by atoms with Crippen molar-refractivity contribution in [3.8, 4) is 0 Å². The molecule has 0 heterocycles. The zero-order valence-corrected chi connectivity index (χ0v) is 15.7. The van der Waals surface area contributed by atoms with Gasteiger partial charge in [0.1, 0.15) is 0 Å².